The second-order valence-electron chi connectivity index (χ2n) is 7.39. The first-order valence-corrected chi connectivity index (χ1v) is 10.6. The summed E-state index contributed by atoms with van der Waals surface area (Å²) in [6.45, 7) is 3.71. The van der Waals surface area contributed by atoms with Crippen LogP contribution in [0.15, 0.2) is 77.0 Å². The van der Waals surface area contributed by atoms with Crippen molar-refractivity contribution in [3.05, 3.63) is 93.5 Å². The zero-order valence-electron chi connectivity index (χ0n) is 17.4. The van der Waals surface area contributed by atoms with Gasteiger partial charge in [-0.05, 0) is 72.8 Å². The summed E-state index contributed by atoms with van der Waals surface area (Å²) in [6, 6.07) is 19.4. The molecule has 4 rings (SSSR count). The van der Waals surface area contributed by atoms with Gasteiger partial charge in [-0.1, -0.05) is 47.5 Å². The summed E-state index contributed by atoms with van der Waals surface area (Å²) in [5.74, 6) is -0.707. The zero-order chi connectivity index (χ0) is 22.8. The molecule has 0 fully saturated rings. The largest absolute Gasteiger partial charge is 0.505 e. The molecule has 0 saturated heterocycles. The van der Waals surface area contributed by atoms with Crippen molar-refractivity contribution < 1.29 is 9.90 Å². The van der Waals surface area contributed by atoms with Gasteiger partial charge in [-0.3, -0.25) is 4.79 Å². The van der Waals surface area contributed by atoms with Crippen molar-refractivity contribution in [3.63, 3.8) is 0 Å². The maximum Gasteiger partial charge on any atom is 0.259 e. The number of amides is 1. The van der Waals surface area contributed by atoms with E-state index in [1.54, 1.807) is 42.5 Å². The Morgan fingerprint density at radius 1 is 0.875 bits per heavy atom. The first-order valence-electron chi connectivity index (χ1n) is 9.83. The molecule has 0 unspecified atom stereocenters. The van der Waals surface area contributed by atoms with Gasteiger partial charge in [0.25, 0.3) is 5.91 Å². The van der Waals surface area contributed by atoms with Crippen LogP contribution in [-0.2, 0) is 0 Å². The van der Waals surface area contributed by atoms with Crippen molar-refractivity contribution in [1.29, 1.82) is 0 Å². The lowest BCUT2D eigenvalue weighted by atomic mass is 10.0. The number of phenolic OH excluding ortho intramolecular Hbond substituents is 1. The fourth-order valence-electron chi connectivity index (χ4n) is 3.38. The molecular weight excluding hydrogens is 445 g/mol. The highest BCUT2D eigenvalue weighted by molar-refractivity contribution is 6.31. The molecule has 0 bridgehead atoms. The highest BCUT2D eigenvalue weighted by Gasteiger charge is 2.19. The van der Waals surface area contributed by atoms with Crippen LogP contribution < -0.4 is 5.32 Å². The molecule has 5 nitrogen and oxygen atoms in total. The Labute approximate surface area is 195 Å². The number of aryl methyl sites for hydroxylation is 2. The normalized spacial score (nSPS) is 11.2. The summed E-state index contributed by atoms with van der Waals surface area (Å²) in [7, 11) is 0. The van der Waals surface area contributed by atoms with Crippen molar-refractivity contribution in [3.8, 4) is 5.75 Å². The third kappa shape index (κ3) is 4.44. The number of nitrogens with zero attached hydrogens (tertiary/aromatic N) is 2. The number of nitrogens with one attached hydrogen (secondary N) is 1. The number of aromatic hydroxyl groups is 1. The van der Waals surface area contributed by atoms with Crippen LogP contribution in [-0.4, -0.2) is 11.0 Å². The second-order valence-corrected chi connectivity index (χ2v) is 8.26. The number of rotatable bonds is 4. The molecule has 2 N–H and O–H groups in total. The van der Waals surface area contributed by atoms with Crippen molar-refractivity contribution in [1.82, 2.24) is 0 Å². The van der Waals surface area contributed by atoms with Gasteiger partial charge >= 0.3 is 0 Å². The summed E-state index contributed by atoms with van der Waals surface area (Å²) in [5, 5.41) is 25.0. The number of carbonyl (C=O) groups is 1. The maximum atomic E-state index is 13.0. The molecule has 0 aliphatic carbocycles. The standard InChI is InChI=1S/C25H19Cl2N3O2/c1-14-11-17(26)7-9-21(14)28-25(32)20-13-16-5-3-4-6-19(16)23(24(20)31)30-29-22-10-8-18(27)12-15(22)2/h3-13,31H,1-2H3,(H,28,32)/b30-29+. The van der Waals surface area contributed by atoms with Crippen molar-refractivity contribution in [2.75, 3.05) is 5.32 Å². The number of anilines is 1. The smallest absolute Gasteiger partial charge is 0.259 e. The van der Waals surface area contributed by atoms with Gasteiger partial charge in [-0.15, -0.1) is 5.11 Å². The molecule has 0 aliphatic heterocycles. The van der Waals surface area contributed by atoms with E-state index in [9.17, 15) is 9.90 Å². The highest BCUT2D eigenvalue weighted by atomic mass is 35.5. The first kappa shape index (κ1) is 21.8. The number of fused-ring (bicyclic) bond motifs is 1. The quantitative estimate of drug-likeness (QED) is 0.299. The number of hydrogen-bond donors (Lipinski definition) is 2. The zero-order valence-corrected chi connectivity index (χ0v) is 18.9. The SMILES string of the molecule is Cc1cc(Cl)ccc1/N=N/c1c(O)c(C(=O)Nc2ccc(Cl)cc2C)cc2ccccc12. The van der Waals surface area contributed by atoms with Crippen LogP contribution in [0.5, 0.6) is 5.75 Å². The molecule has 0 heterocycles. The summed E-state index contributed by atoms with van der Waals surface area (Å²) in [5.41, 5.74) is 3.19. The number of benzene rings is 4. The summed E-state index contributed by atoms with van der Waals surface area (Å²) < 4.78 is 0. The Balaban J connectivity index is 1.78. The fraction of sp³-hybridized carbons (Fsp3) is 0.0800. The lowest BCUT2D eigenvalue weighted by Crippen LogP contribution is -2.13. The number of halogens is 2. The predicted octanol–water partition coefficient (Wildman–Crippen LogP) is 8.14. The molecular formula is C25H19Cl2N3O2. The van der Waals surface area contributed by atoms with E-state index >= 15 is 0 Å². The lowest BCUT2D eigenvalue weighted by Gasteiger charge is -2.12. The van der Waals surface area contributed by atoms with Crippen molar-refractivity contribution in [2.24, 2.45) is 10.2 Å². The Morgan fingerprint density at radius 2 is 1.56 bits per heavy atom. The van der Waals surface area contributed by atoms with Gasteiger partial charge in [0.2, 0.25) is 0 Å². The topological polar surface area (TPSA) is 74.0 Å². The van der Waals surface area contributed by atoms with Gasteiger partial charge in [0.15, 0.2) is 5.75 Å². The average Bonchev–Trinajstić information content (AvgIpc) is 2.75. The highest BCUT2D eigenvalue weighted by Crippen LogP contribution is 2.40. The molecule has 0 aliphatic rings. The van der Waals surface area contributed by atoms with Crippen molar-refractivity contribution >= 4 is 56.9 Å². The second kappa shape index (κ2) is 8.99. The fourth-order valence-corrected chi connectivity index (χ4v) is 3.84. The van der Waals surface area contributed by atoms with Gasteiger partial charge in [0.1, 0.15) is 5.69 Å². The third-order valence-corrected chi connectivity index (χ3v) is 5.56. The van der Waals surface area contributed by atoms with E-state index in [0.29, 0.717) is 26.8 Å². The number of hydrogen-bond acceptors (Lipinski definition) is 4. The van der Waals surface area contributed by atoms with E-state index in [2.05, 4.69) is 15.5 Å². The molecule has 0 atom stereocenters. The molecule has 7 heteroatoms. The summed E-state index contributed by atoms with van der Waals surface area (Å²) in [4.78, 5) is 13.0. The van der Waals surface area contributed by atoms with Crippen LogP contribution in [0.25, 0.3) is 10.8 Å². The van der Waals surface area contributed by atoms with Crippen LogP contribution in [0.1, 0.15) is 21.5 Å². The van der Waals surface area contributed by atoms with E-state index in [1.807, 2.05) is 38.1 Å². The van der Waals surface area contributed by atoms with Gasteiger partial charge in [-0.2, -0.15) is 5.11 Å². The maximum absolute atomic E-state index is 13.0. The van der Waals surface area contributed by atoms with Crippen molar-refractivity contribution in [2.45, 2.75) is 13.8 Å². The van der Waals surface area contributed by atoms with E-state index in [4.69, 9.17) is 23.2 Å². The Kier molecular flexibility index (Phi) is 6.12. The monoisotopic (exact) mass is 463 g/mol. The minimum atomic E-state index is -0.460. The lowest BCUT2D eigenvalue weighted by molar-refractivity contribution is 0.102. The summed E-state index contributed by atoms with van der Waals surface area (Å²) >= 11 is 12.0. The van der Waals surface area contributed by atoms with Gasteiger partial charge in [-0.25, -0.2) is 0 Å². The molecule has 0 spiro atoms. The minimum Gasteiger partial charge on any atom is -0.505 e. The average molecular weight is 464 g/mol. The molecule has 0 aromatic heterocycles. The van der Waals surface area contributed by atoms with Gasteiger partial charge in [0, 0.05) is 21.1 Å². The molecule has 4 aromatic carbocycles. The molecule has 1 amide bonds. The molecule has 32 heavy (non-hydrogen) atoms. The number of carbonyl (C=O) groups excluding carboxylic acids is 1. The Hall–Kier alpha value is -3.41. The van der Waals surface area contributed by atoms with E-state index in [-0.39, 0.29) is 17.0 Å². The Bertz CT molecular complexity index is 1380. The van der Waals surface area contributed by atoms with E-state index < -0.39 is 5.91 Å². The van der Waals surface area contributed by atoms with Gasteiger partial charge in [0.05, 0.1) is 11.3 Å². The van der Waals surface area contributed by atoms with Crippen LogP contribution in [0.3, 0.4) is 0 Å². The third-order valence-electron chi connectivity index (χ3n) is 5.09. The van der Waals surface area contributed by atoms with E-state index in [0.717, 1.165) is 16.5 Å². The number of phenols is 1. The molecule has 0 saturated carbocycles. The summed E-state index contributed by atoms with van der Waals surface area (Å²) in [6.07, 6.45) is 0. The Morgan fingerprint density at radius 3 is 2.28 bits per heavy atom. The number of azo groups is 1. The molecule has 0 radical (unpaired) electrons. The van der Waals surface area contributed by atoms with Crippen LogP contribution in [0, 0.1) is 13.8 Å². The molecule has 160 valence electrons. The van der Waals surface area contributed by atoms with Gasteiger partial charge < -0.3 is 10.4 Å². The molecule has 4 aromatic rings. The predicted molar refractivity (Wildman–Crippen MR) is 130 cm³/mol. The van der Waals surface area contributed by atoms with E-state index in [1.165, 1.54) is 0 Å². The van der Waals surface area contributed by atoms with Crippen LogP contribution in [0.4, 0.5) is 17.1 Å². The van der Waals surface area contributed by atoms with Crippen LogP contribution in [0.2, 0.25) is 10.0 Å². The minimum absolute atomic E-state index is 0.0971. The first-order chi connectivity index (χ1) is 15.3. The van der Waals surface area contributed by atoms with Crippen LogP contribution >= 0.6 is 23.2 Å².